The van der Waals surface area contributed by atoms with Crippen molar-refractivity contribution < 1.29 is 18.0 Å². The van der Waals surface area contributed by atoms with E-state index in [1.54, 1.807) is 34.6 Å². The molecule has 0 N–H and O–H groups in total. The van der Waals surface area contributed by atoms with Crippen molar-refractivity contribution in [1.29, 1.82) is 0 Å². The van der Waals surface area contributed by atoms with Crippen LogP contribution in [0.4, 0.5) is 0 Å². The predicted molar refractivity (Wildman–Crippen MR) is 94.3 cm³/mol. The van der Waals surface area contributed by atoms with Crippen LogP contribution in [0.1, 0.15) is 35.3 Å². The Balaban J connectivity index is 1.62. The molecule has 1 aromatic heterocycles. The Bertz CT molecular complexity index is 858. The quantitative estimate of drug-likeness (QED) is 0.719. The fraction of sp³-hybridized carbons (Fsp3) is 0.706. The highest BCUT2D eigenvalue weighted by Crippen LogP contribution is 2.34. The monoisotopic (exact) mass is 380 g/mol. The zero-order chi connectivity index (χ0) is 18.6. The summed E-state index contributed by atoms with van der Waals surface area (Å²) >= 11 is 0. The minimum Gasteiger partial charge on any atom is -0.335 e. The number of aryl methyl sites for hydroxylation is 2. The van der Waals surface area contributed by atoms with E-state index >= 15 is 0 Å². The first-order chi connectivity index (χ1) is 12.3. The first-order valence-corrected chi connectivity index (χ1v) is 10.9. The second-order valence-corrected chi connectivity index (χ2v) is 9.83. The summed E-state index contributed by atoms with van der Waals surface area (Å²) in [5, 5.41) is 4.21. The predicted octanol–water partition coefficient (Wildman–Crippen LogP) is -0.0214. The number of hydrogen-bond acceptors (Lipinski definition) is 5. The van der Waals surface area contributed by atoms with Crippen LogP contribution in [0.5, 0.6) is 0 Å². The van der Waals surface area contributed by atoms with Gasteiger partial charge in [-0.1, -0.05) is 6.42 Å². The second kappa shape index (κ2) is 6.07. The van der Waals surface area contributed by atoms with Gasteiger partial charge in [0.05, 0.1) is 34.8 Å². The molecule has 0 radical (unpaired) electrons. The third-order valence-electron chi connectivity index (χ3n) is 5.92. The molecule has 3 aliphatic rings. The van der Waals surface area contributed by atoms with Gasteiger partial charge in [0.1, 0.15) is 0 Å². The van der Waals surface area contributed by atoms with Crippen molar-refractivity contribution in [3.8, 4) is 0 Å². The molecular formula is C17H24N4O4S. The fourth-order valence-corrected chi connectivity index (χ4v) is 6.31. The molecule has 0 spiro atoms. The van der Waals surface area contributed by atoms with E-state index in [1.807, 2.05) is 0 Å². The topological polar surface area (TPSA) is 92.6 Å². The molecular weight excluding hydrogens is 356 g/mol. The van der Waals surface area contributed by atoms with Crippen molar-refractivity contribution in [1.82, 2.24) is 19.6 Å². The molecule has 26 heavy (non-hydrogen) atoms. The summed E-state index contributed by atoms with van der Waals surface area (Å²) < 4.78 is 26.2. The summed E-state index contributed by atoms with van der Waals surface area (Å²) in [6, 6.07) is -0.896. The molecule has 4 rings (SSSR count). The normalized spacial score (nSPS) is 27.9. The number of hydrogen-bond donors (Lipinski definition) is 0. The van der Waals surface area contributed by atoms with Gasteiger partial charge in [-0.3, -0.25) is 14.3 Å². The number of piperazine rings is 1. The lowest BCUT2D eigenvalue weighted by Gasteiger charge is -2.45. The van der Waals surface area contributed by atoms with E-state index < -0.39 is 21.9 Å². The van der Waals surface area contributed by atoms with Crippen LogP contribution in [0.15, 0.2) is 6.20 Å². The molecule has 3 heterocycles. The zero-order valence-electron chi connectivity index (χ0n) is 15.1. The molecule has 0 bridgehead atoms. The molecule has 2 aliphatic heterocycles. The number of amides is 2. The van der Waals surface area contributed by atoms with Gasteiger partial charge >= 0.3 is 0 Å². The van der Waals surface area contributed by atoms with Crippen LogP contribution in [0.25, 0.3) is 0 Å². The van der Waals surface area contributed by atoms with Gasteiger partial charge in [0, 0.05) is 32.3 Å². The number of rotatable bonds is 2. The number of sulfone groups is 1. The number of nitrogens with zero attached hydrogens (tertiary/aromatic N) is 4. The van der Waals surface area contributed by atoms with E-state index in [9.17, 15) is 18.0 Å². The highest BCUT2D eigenvalue weighted by atomic mass is 32.2. The van der Waals surface area contributed by atoms with Gasteiger partial charge in [0.25, 0.3) is 5.91 Å². The molecule has 9 heteroatoms. The average molecular weight is 380 g/mol. The molecule has 1 aliphatic carbocycles. The molecule has 0 aromatic carbocycles. The largest absolute Gasteiger partial charge is 0.335 e. The van der Waals surface area contributed by atoms with E-state index in [4.69, 9.17) is 0 Å². The van der Waals surface area contributed by atoms with Gasteiger partial charge in [-0.05, 0) is 19.8 Å². The van der Waals surface area contributed by atoms with Crippen LogP contribution in [-0.4, -0.2) is 76.5 Å². The van der Waals surface area contributed by atoms with Crippen molar-refractivity contribution in [3.63, 3.8) is 0 Å². The van der Waals surface area contributed by atoms with Crippen molar-refractivity contribution in [2.75, 3.05) is 24.6 Å². The summed E-state index contributed by atoms with van der Waals surface area (Å²) in [5.74, 6) is -0.225. The standard InChI is InChI=1S/C17H24N4O4S/c1-11-13(8-19(2)18-11)17(23)21-7-6-20(16(22)12-4-3-5-12)14-9-26(24,25)10-15(14)21/h8,12,14-15H,3-7,9-10H2,1-2H3/t14-,15+/m1/s1. The van der Waals surface area contributed by atoms with E-state index in [2.05, 4.69) is 5.10 Å². The molecule has 2 atom stereocenters. The van der Waals surface area contributed by atoms with Gasteiger partial charge in [0.2, 0.25) is 5.91 Å². The maximum atomic E-state index is 13.0. The van der Waals surface area contributed by atoms with E-state index in [1.165, 1.54) is 0 Å². The third-order valence-corrected chi connectivity index (χ3v) is 7.62. The first kappa shape index (κ1) is 17.5. The number of aromatic nitrogens is 2. The lowest BCUT2D eigenvalue weighted by atomic mass is 9.83. The van der Waals surface area contributed by atoms with Gasteiger partial charge in [0.15, 0.2) is 9.84 Å². The van der Waals surface area contributed by atoms with Crippen LogP contribution in [-0.2, 0) is 21.7 Å². The van der Waals surface area contributed by atoms with Gasteiger partial charge in [-0.15, -0.1) is 0 Å². The molecule has 3 fully saturated rings. The van der Waals surface area contributed by atoms with Crippen molar-refractivity contribution >= 4 is 21.7 Å². The lowest BCUT2D eigenvalue weighted by molar-refractivity contribution is -0.143. The molecule has 142 valence electrons. The second-order valence-electron chi connectivity index (χ2n) is 7.67. The smallest absolute Gasteiger partial charge is 0.257 e. The van der Waals surface area contributed by atoms with Crippen LogP contribution < -0.4 is 0 Å². The summed E-state index contributed by atoms with van der Waals surface area (Å²) in [5.41, 5.74) is 1.12. The van der Waals surface area contributed by atoms with Gasteiger partial charge in [-0.2, -0.15) is 5.10 Å². The van der Waals surface area contributed by atoms with Crippen molar-refractivity contribution in [2.45, 2.75) is 38.3 Å². The molecule has 0 unspecified atom stereocenters. The van der Waals surface area contributed by atoms with E-state index in [-0.39, 0.29) is 29.2 Å². The molecule has 8 nitrogen and oxygen atoms in total. The Labute approximate surface area is 153 Å². The third kappa shape index (κ3) is 2.82. The number of carbonyl (C=O) groups excluding carboxylic acids is 2. The van der Waals surface area contributed by atoms with Crippen LogP contribution in [0, 0.1) is 12.8 Å². The maximum absolute atomic E-state index is 13.0. The first-order valence-electron chi connectivity index (χ1n) is 9.09. The fourth-order valence-electron chi connectivity index (χ4n) is 4.33. The summed E-state index contributed by atoms with van der Waals surface area (Å²) in [4.78, 5) is 29.2. The van der Waals surface area contributed by atoms with Crippen LogP contribution in [0.2, 0.25) is 0 Å². The highest BCUT2D eigenvalue weighted by molar-refractivity contribution is 7.91. The summed E-state index contributed by atoms with van der Waals surface area (Å²) in [6.45, 7) is 2.53. The SMILES string of the molecule is Cc1nn(C)cc1C(=O)N1CCN(C(=O)C2CCC2)[C@@H]2CS(=O)(=O)C[C@@H]21. The average Bonchev–Trinajstić information content (AvgIpc) is 3.00. The van der Waals surface area contributed by atoms with Crippen molar-refractivity contribution in [3.05, 3.63) is 17.5 Å². The van der Waals surface area contributed by atoms with Gasteiger partial charge < -0.3 is 9.80 Å². The Kier molecular flexibility index (Phi) is 4.09. The molecule has 1 aromatic rings. The Morgan fingerprint density at radius 3 is 2.27 bits per heavy atom. The number of fused-ring (bicyclic) bond motifs is 1. The van der Waals surface area contributed by atoms with Crippen molar-refractivity contribution in [2.24, 2.45) is 13.0 Å². The number of carbonyl (C=O) groups is 2. The minimum absolute atomic E-state index is 0.0294. The summed E-state index contributed by atoms with van der Waals surface area (Å²) in [6.07, 6.45) is 4.50. The molecule has 2 saturated heterocycles. The Morgan fingerprint density at radius 2 is 1.73 bits per heavy atom. The maximum Gasteiger partial charge on any atom is 0.257 e. The van der Waals surface area contributed by atoms with E-state index in [0.717, 1.165) is 19.3 Å². The zero-order valence-corrected chi connectivity index (χ0v) is 15.9. The lowest BCUT2D eigenvalue weighted by Crippen LogP contribution is -2.63. The Morgan fingerprint density at radius 1 is 1.12 bits per heavy atom. The summed E-state index contributed by atoms with van der Waals surface area (Å²) in [7, 11) is -1.52. The van der Waals surface area contributed by atoms with Gasteiger partial charge in [-0.25, -0.2) is 8.42 Å². The Hall–Kier alpha value is -1.90. The van der Waals surface area contributed by atoms with Crippen LogP contribution >= 0.6 is 0 Å². The highest BCUT2D eigenvalue weighted by Gasteiger charge is 2.50. The molecule has 2 amide bonds. The van der Waals surface area contributed by atoms with Crippen LogP contribution in [0.3, 0.4) is 0 Å². The van der Waals surface area contributed by atoms with E-state index in [0.29, 0.717) is 24.3 Å². The molecule has 1 saturated carbocycles. The minimum atomic E-state index is -3.27.